The van der Waals surface area contributed by atoms with Crippen LogP contribution in [0.5, 0.6) is 0 Å². The van der Waals surface area contributed by atoms with E-state index in [1.54, 1.807) is 13.0 Å². The molecule has 7 heteroatoms. The van der Waals surface area contributed by atoms with E-state index in [0.717, 1.165) is 19.2 Å². The maximum absolute atomic E-state index is 13.9. The maximum atomic E-state index is 13.9. The Bertz CT molecular complexity index is 1010. The van der Waals surface area contributed by atoms with Crippen LogP contribution in [0.4, 0.5) is 4.39 Å². The molecule has 0 aliphatic rings. The lowest BCUT2D eigenvalue weighted by atomic mass is 10.1. The number of aromatic nitrogens is 1. The molecule has 0 spiro atoms. The zero-order valence-electron chi connectivity index (χ0n) is 15.0. The SMILES string of the molecule is C[C@H](CNCCc1ccccc1)NS(=O)(=O)c1ccc2cncc(F)c2c1. The number of halogens is 1. The van der Waals surface area contributed by atoms with E-state index in [1.165, 1.54) is 23.9 Å². The molecular formula is C20H22FN3O2S. The minimum absolute atomic E-state index is 0.0382. The van der Waals surface area contributed by atoms with Gasteiger partial charge >= 0.3 is 0 Å². The third kappa shape index (κ3) is 5.09. The molecule has 0 aliphatic carbocycles. The van der Waals surface area contributed by atoms with Crippen LogP contribution in [-0.4, -0.2) is 32.5 Å². The van der Waals surface area contributed by atoms with Crippen LogP contribution in [0.25, 0.3) is 10.8 Å². The summed E-state index contributed by atoms with van der Waals surface area (Å²) in [5.74, 6) is -0.542. The first kappa shape index (κ1) is 19.4. The van der Waals surface area contributed by atoms with Gasteiger partial charge in [0.25, 0.3) is 0 Å². The van der Waals surface area contributed by atoms with Crippen molar-refractivity contribution in [3.63, 3.8) is 0 Å². The normalized spacial score (nSPS) is 13.0. The number of benzene rings is 2. The number of rotatable bonds is 8. The Kier molecular flexibility index (Phi) is 6.15. The molecule has 3 rings (SSSR count). The quantitative estimate of drug-likeness (QED) is 0.583. The average molecular weight is 387 g/mol. The van der Waals surface area contributed by atoms with E-state index in [1.807, 2.05) is 18.2 Å². The van der Waals surface area contributed by atoms with Crippen LogP contribution in [0, 0.1) is 5.82 Å². The molecule has 0 bridgehead atoms. The molecule has 0 saturated carbocycles. The zero-order valence-corrected chi connectivity index (χ0v) is 15.8. The highest BCUT2D eigenvalue weighted by Gasteiger charge is 2.18. The van der Waals surface area contributed by atoms with Gasteiger partial charge in [-0.1, -0.05) is 36.4 Å². The number of nitrogens with zero attached hydrogens (tertiary/aromatic N) is 1. The Hall–Kier alpha value is -2.35. The summed E-state index contributed by atoms with van der Waals surface area (Å²) >= 11 is 0. The van der Waals surface area contributed by atoms with E-state index in [2.05, 4.69) is 27.2 Å². The highest BCUT2D eigenvalue weighted by Crippen LogP contribution is 2.20. The van der Waals surface area contributed by atoms with Gasteiger partial charge in [0.1, 0.15) is 5.82 Å². The van der Waals surface area contributed by atoms with Crippen LogP contribution >= 0.6 is 0 Å². The van der Waals surface area contributed by atoms with Crippen molar-refractivity contribution in [2.75, 3.05) is 13.1 Å². The maximum Gasteiger partial charge on any atom is 0.240 e. The first-order valence-corrected chi connectivity index (χ1v) is 10.2. The van der Waals surface area contributed by atoms with Gasteiger partial charge < -0.3 is 5.32 Å². The highest BCUT2D eigenvalue weighted by atomic mass is 32.2. The van der Waals surface area contributed by atoms with Crippen LogP contribution in [0.1, 0.15) is 12.5 Å². The summed E-state index contributed by atoms with van der Waals surface area (Å²) in [6.45, 7) is 3.04. The molecule has 0 aliphatic heterocycles. The molecule has 0 radical (unpaired) electrons. The van der Waals surface area contributed by atoms with Crippen molar-refractivity contribution in [2.24, 2.45) is 0 Å². The molecule has 27 heavy (non-hydrogen) atoms. The van der Waals surface area contributed by atoms with Crippen LogP contribution in [-0.2, 0) is 16.4 Å². The summed E-state index contributed by atoms with van der Waals surface area (Å²) < 4.78 is 41.7. The van der Waals surface area contributed by atoms with Gasteiger partial charge in [0.2, 0.25) is 10.0 Å². The zero-order chi connectivity index (χ0) is 19.3. The third-order valence-electron chi connectivity index (χ3n) is 4.23. The summed E-state index contributed by atoms with van der Waals surface area (Å²) in [5.41, 5.74) is 1.23. The first-order chi connectivity index (χ1) is 13.0. The van der Waals surface area contributed by atoms with Gasteiger partial charge in [0.05, 0.1) is 11.1 Å². The van der Waals surface area contributed by atoms with Crippen LogP contribution < -0.4 is 10.0 Å². The summed E-state index contributed by atoms with van der Waals surface area (Å²) in [6, 6.07) is 14.1. The fraction of sp³-hybridized carbons (Fsp3) is 0.250. The molecule has 1 aromatic heterocycles. The minimum Gasteiger partial charge on any atom is -0.315 e. The van der Waals surface area contributed by atoms with Gasteiger partial charge in [-0.3, -0.25) is 4.98 Å². The smallest absolute Gasteiger partial charge is 0.240 e. The highest BCUT2D eigenvalue weighted by molar-refractivity contribution is 7.89. The van der Waals surface area contributed by atoms with Gasteiger partial charge in [-0.05, 0) is 37.6 Å². The molecule has 1 atom stereocenters. The predicted molar refractivity (Wildman–Crippen MR) is 105 cm³/mol. The molecule has 1 heterocycles. The number of fused-ring (bicyclic) bond motifs is 1. The van der Waals surface area contributed by atoms with Crippen LogP contribution in [0.15, 0.2) is 65.8 Å². The lowest BCUT2D eigenvalue weighted by Crippen LogP contribution is -2.40. The van der Waals surface area contributed by atoms with Crippen molar-refractivity contribution in [3.8, 4) is 0 Å². The fourth-order valence-electron chi connectivity index (χ4n) is 2.85. The van der Waals surface area contributed by atoms with Crippen molar-refractivity contribution in [2.45, 2.75) is 24.3 Å². The molecule has 0 amide bonds. The van der Waals surface area contributed by atoms with E-state index in [4.69, 9.17) is 0 Å². The Morgan fingerprint density at radius 1 is 1.11 bits per heavy atom. The number of hydrogen-bond donors (Lipinski definition) is 2. The Balaban J connectivity index is 1.58. The summed E-state index contributed by atoms with van der Waals surface area (Å²) in [6.07, 6.45) is 3.45. The molecular weight excluding hydrogens is 365 g/mol. The second-order valence-electron chi connectivity index (χ2n) is 6.47. The number of hydrogen-bond acceptors (Lipinski definition) is 4. The van der Waals surface area contributed by atoms with E-state index in [-0.39, 0.29) is 16.3 Å². The van der Waals surface area contributed by atoms with Gasteiger partial charge in [0, 0.05) is 29.6 Å². The van der Waals surface area contributed by atoms with E-state index >= 15 is 0 Å². The molecule has 2 aromatic carbocycles. The summed E-state index contributed by atoms with van der Waals surface area (Å²) in [7, 11) is -3.73. The van der Waals surface area contributed by atoms with Crippen molar-refractivity contribution >= 4 is 20.8 Å². The predicted octanol–water partition coefficient (Wildman–Crippen LogP) is 2.87. The van der Waals surface area contributed by atoms with Crippen molar-refractivity contribution in [1.82, 2.24) is 15.0 Å². The van der Waals surface area contributed by atoms with Crippen LogP contribution in [0.3, 0.4) is 0 Å². The van der Waals surface area contributed by atoms with Gasteiger partial charge in [0.15, 0.2) is 0 Å². The second-order valence-corrected chi connectivity index (χ2v) is 8.18. The molecule has 142 valence electrons. The van der Waals surface area contributed by atoms with Crippen molar-refractivity contribution in [1.29, 1.82) is 0 Å². The minimum atomic E-state index is -3.73. The Morgan fingerprint density at radius 3 is 2.67 bits per heavy atom. The van der Waals surface area contributed by atoms with E-state index < -0.39 is 15.8 Å². The van der Waals surface area contributed by atoms with Gasteiger partial charge in [-0.25, -0.2) is 17.5 Å². The molecule has 0 fully saturated rings. The largest absolute Gasteiger partial charge is 0.315 e. The lowest BCUT2D eigenvalue weighted by Gasteiger charge is -2.15. The van der Waals surface area contributed by atoms with Crippen molar-refractivity contribution < 1.29 is 12.8 Å². The van der Waals surface area contributed by atoms with Crippen molar-refractivity contribution in [3.05, 3.63) is 72.3 Å². The Morgan fingerprint density at radius 2 is 1.89 bits per heavy atom. The first-order valence-electron chi connectivity index (χ1n) is 8.76. The molecule has 2 N–H and O–H groups in total. The third-order valence-corrected chi connectivity index (χ3v) is 5.82. The van der Waals surface area contributed by atoms with E-state index in [9.17, 15) is 12.8 Å². The number of nitrogens with one attached hydrogen (secondary N) is 2. The van der Waals surface area contributed by atoms with Gasteiger partial charge in [-0.15, -0.1) is 0 Å². The standard InChI is InChI=1S/C20H22FN3O2S/c1-15(12-22-10-9-16-5-3-2-4-6-16)24-27(25,26)18-8-7-17-13-23-14-20(21)19(17)11-18/h2-8,11,13-15,22,24H,9-10,12H2,1H3/t15-/m1/s1. The summed E-state index contributed by atoms with van der Waals surface area (Å²) in [4.78, 5) is 3.81. The average Bonchev–Trinajstić information content (AvgIpc) is 2.66. The molecule has 5 nitrogen and oxygen atoms in total. The van der Waals surface area contributed by atoms with Gasteiger partial charge in [-0.2, -0.15) is 0 Å². The van der Waals surface area contributed by atoms with Crippen LogP contribution in [0.2, 0.25) is 0 Å². The second kappa shape index (κ2) is 8.56. The Labute approximate surface area is 158 Å². The van der Waals surface area contributed by atoms with E-state index in [0.29, 0.717) is 11.9 Å². The number of pyridine rings is 1. The monoisotopic (exact) mass is 387 g/mol. The molecule has 0 unspecified atom stereocenters. The topological polar surface area (TPSA) is 71.1 Å². The lowest BCUT2D eigenvalue weighted by molar-refractivity contribution is 0.537. The number of sulfonamides is 1. The summed E-state index contributed by atoms with van der Waals surface area (Å²) in [5, 5.41) is 4.05. The molecule has 3 aromatic rings. The molecule has 0 saturated heterocycles. The fourth-order valence-corrected chi connectivity index (χ4v) is 4.11.